The summed E-state index contributed by atoms with van der Waals surface area (Å²) in [5, 5.41) is 2.85. The number of likely N-dealkylation sites (tertiary alicyclic amines) is 1. The first-order valence-electron chi connectivity index (χ1n) is 8.91. The molecule has 3 rings (SSSR count). The average Bonchev–Trinajstić information content (AvgIpc) is 2.68. The van der Waals surface area contributed by atoms with Gasteiger partial charge in [-0.3, -0.25) is 9.69 Å². The Hall–Kier alpha value is -2.68. The van der Waals surface area contributed by atoms with Crippen molar-refractivity contribution in [1.82, 2.24) is 20.2 Å². The molecular weight excluding hydrogens is 373 g/mol. The van der Waals surface area contributed by atoms with E-state index in [1.807, 2.05) is 18.2 Å². The number of rotatable bonds is 5. The van der Waals surface area contributed by atoms with Gasteiger partial charge in [-0.15, -0.1) is 0 Å². The van der Waals surface area contributed by atoms with Crippen molar-refractivity contribution >= 4 is 5.91 Å². The van der Waals surface area contributed by atoms with Crippen molar-refractivity contribution in [1.29, 1.82) is 0 Å². The number of nitrogens with zero attached hydrogens (tertiary/aromatic N) is 3. The third-order valence-corrected chi connectivity index (χ3v) is 4.59. The van der Waals surface area contributed by atoms with Crippen LogP contribution in [0.2, 0.25) is 0 Å². The van der Waals surface area contributed by atoms with Crippen molar-refractivity contribution in [3.8, 4) is 17.1 Å². The number of piperidine rings is 1. The molecule has 2 aromatic rings. The highest BCUT2D eigenvalue weighted by atomic mass is 19.4. The zero-order chi connectivity index (χ0) is 20.1. The van der Waals surface area contributed by atoms with E-state index in [1.54, 1.807) is 13.2 Å². The lowest BCUT2D eigenvalue weighted by molar-refractivity contribution is -0.148. The molecule has 9 heteroatoms. The molecule has 0 aliphatic carbocycles. The smallest absolute Gasteiger partial charge is 0.401 e. The molecule has 0 unspecified atom stereocenters. The fourth-order valence-electron chi connectivity index (χ4n) is 3.17. The second-order valence-electron chi connectivity index (χ2n) is 6.63. The van der Waals surface area contributed by atoms with Gasteiger partial charge in [0.15, 0.2) is 5.82 Å². The highest BCUT2D eigenvalue weighted by Gasteiger charge is 2.32. The molecule has 0 bridgehead atoms. The first kappa shape index (κ1) is 20.1. The summed E-state index contributed by atoms with van der Waals surface area (Å²) in [5.74, 6) is 0.737. The molecule has 1 aromatic heterocycles. The SMILES string of the molecule is COc1ccccc1-c1ncc(C(=O)NC2CCN(CC(F)(F)F)CC2)cn1. The predicted octanol–water partition coefficient (Wildman–Crippen LogP) is 2.91. The summed E-state index contributed by atoms with van der Waals surface area (Å²) < 4.78 is 42.6. The first-order chi connectivity index (χ1) is 13.4. The number of aromatic nitrogens is 2. The highest BCUT2D eigenvalue weighted by molar-refractivity contribution is 5.94. The van der Waals surface area contributed by atoms with Gasteiger partial charge in [-0.05, 0) is 25.0 Å². The fraction of sp³-hybridized carbons (Fsp3) is 0.421. The Labute approximate surface area is 160 Å². The number of carbonyl (C=O) groups is 1. The van der Waals surface area contributed by atoms with E-state index in [2.05, 4.69) is 15.3 Å². The quantitative estimate of drug-likeness (QED) is 0.845. The van der Waals surface area contributed by atoms with Gasteiger partial charge in [-0.1, -0.05) is 12.1 Å². The molecular formula is C19H21F3N4O2. The molecule has 150 valence electrons. The summed E-state index contributed by atoms with van der Waals surface area (Å²) in [6.45, 7) is -0.312. The number of hydrogen-bond acceptors (Lipinski definition) is 5. The topological polar surface area (TPSA) is 67.3 Å². The minimum absolute atomic E-state index is 0.161. The minimum Gasteiger partial charge on any atom is -0.496 e. The van der Waals surface area contributed by atoms with E-state index in [0.717, 1.165) is 0 Å². The highest BCUT2D eigenvalue weighted by Crippen LogP contribution is 2.26. The van der Waals surface area contributed by atoms with Crippen LogP contribution in [0.25, 0.3) is 11.4 Å². The molecule has 2 heterocycles. The number of methoxy groups -OCH3 is 1. The van der Waals surface area contributed by atoms with Crippen molar-refractivity contribution in [3.05, 3.63) is 42.2 Å². The molecule has 1 amide bonds. The number of ether oxygens (including phenoxy) is 1. The van der Waals surface area contributed by atoms with E-state index in [-0.39, 0.29) is 11.9 Å². The number of carbonyl (C=O) groups excluding carboxylic acids is 1. The number of nitrogens with one attached hydrogen (secondary N) is 1. The van der Waals surface area contributed by atoms with E-state index in [4.69, 9.17) is 4.74 Å². The molecule has 1 aromatic carbocycles. The number of benzene rings is 1. The molecule has 1 N–H and O–H groups in total. The molecule has 0 saturated carbocycles. The van der Waals surface area contributed by atoms with Crippen LogP contribution in [0.3, 0.4) is 0 Å². The van der Waals surface area contributed by atoms with Gasteiger partial charge in [0.05, 0.1) is 24.8 Å². The van der Waals surface area contributed by atoms with Crippen LogP contribution in [0, 0.1) is 0 Å². The van der Waals surface area contributed by atoms with Crippen LogP contribution in [0.15, 0.2) is 36.7 Å². The maximum atomic E-state index is 12.4. The molecule has 0 radical (unpaired) electrons. The standard InChI is InChI=1S/C19H21F3N4O2/c1-28-16-5-3-2-4-15(16)17-23-10-13(11-24-17)18(27)25-14-6-8-26(9-7-14)12-19(20,21)22/h2-5,10-11,14H,6-9,12H2,1H3,(H,25,27). The molecule has 1 aliphatic heterocycles. The van der Waals surface area contributed by atoms with Crippen molar-refractivity contribution in [3.63, 3.8) is 0 Å². The van der Waals surface area contributed by atoms with E-state index < -0.39 is 12.7 Å². The van der Waals surface area contributed by atoms with Crippen LogP contribution in [-0.4, -0.2) is 59.7 Å². The van der Waals surface area contributed by atoms with Gasteiger partial charge in [0.2, 0.25) is 0 Å². The van der Waals surface area contributed by atoms with E-state index >= 15 is 0 Å². The Morgan fingerprint density at radius 2 is 1.86 bits per heavy atom. The largest absolute Gasteiger partial charge is 0.496 e. The van der Waals surface area contributed by atoms with Gasteiger partial charge in [-0.25, -0.2) is 9.97 Å². The Balaban J connectivity index is 1.57. The molecule has 1 aliphatic rings. The summed E-state index contributed by atoms with van der Waals surface area (Å²) in [5.41, 5.74) is 1.02. The summed E-state index contributed by atoms with van der Waals surface area (Å²) in [6.07, 6.45) is -0.383. The molecule has 1 fully saturated rings. The minimum atomic E-state index is -4.20. The van der Waals surface area contributed by atoms with Crippen molar-refractivity contribution in [2.75, 3.05) is 26.7 Å². The lowest BCUT2D eigenvalue weighted by atomic mass is 10.0. The maximum Gasteiger partial charge on any atom is 0.401 e. The molecule has 0 atom stereocenters. The number of para-hydroxylation sites is 1. The Morgan fingerprint density at radius 1 is 1.21 bits per heavy atom. The second-order valence-corrected chi connectivity index (χ2v) is 6.63. The first-order valence-corrected chi connectivity index (χ1v) is 8.91. The Bertz CT molecular complexity index is 804. The molecule has 28 heavy (non-hydrogen) atoms. The molecule has 6 nitrogen and oxygen atoms in total. The molecule has 1 saturated heterocycles. The monoisotopic (exact) mass is 394 g/mol. The lowest BCUT2D eigenvalue weighted by Gasteiger charge is -2.32. The van der Waals surface area contributed by atoms with Gasteiger partial charge in [0, 0.05) is 31.5 Å². The number of halogens is 3. The van der Waals surface area contributed by atoms with E-state index in [0.29, 0.717) is 48.6 Å². The summed E-state index contributed by atoms with van der Waals surface area (Å²) in [6, 6.07) is 7.13. The predicted molar refractivity (Wildman–Crippen MR) is 97.0 cm³/mol. The zero-order valence-electron chi connectivity index (χ0n) is 15.4. The molecule has 0 spiro atoms. The van der Waals surface area contributed by atoms with Crippen molar-refractivity contribution < 1.29 is 22.7 Å². The van der Waals surface area contributed by atoms with E-state index in [9.17, 15) is 18.0 Å². The van der Waals surface area contributed by atoms with Crippen LogP contribution >= 0.6 is 0 Å². The van der Waals surface area contributed by atoms with E-state index in [1.165, 1.54) is 17.3 Å². The second kappa shape index (κ2) is 8.55. The maximum absolute atomic E-state index is 12.4. The van der Waals surface area contributed by atoms with Gasteiger partial charge < -0.3 is 10.1 Å². The van der Waals surface area contributed by atoms with Crippen LogP contribution < -0.4 is 10.1 Å². The third-order valence-electron chi connectivity index (χ3n) is 4.59. The number of alkyl halides is 3. The van der Waals surface area contributed by atoms with Gasteiger partial charge in [0.1, 0.15) is 5.75 Å². The Morgan fingerprint density at radius 3 is 2.46 bits per heavy atom. The van der Waals surface area contributed by atoms with Gasteiger partial charge in [-0.2, -0.15) is 13.2 Å². The van der Waals surface area contributed by atoms with Gasteiger partial charge in [0.25, 0.3) is 5.91 Å². The van der Waals surface area contributed by atoms with Crippen molar-refractivity contribution in [2.45, 2.75) is 25.1 Å². The van der Waals surface area contributed by atoms with Crippen LogP contribution in [0.4, 0.5) is 13.2 Å². The Kier molecular flexibility index (Phi) is 6.13. The summed E-state index contributed by atoms with van der Waals surface area (Å²) in [4.78, 5) is 22.2. The normalized spacial score (nSPS) is 16.0. The average molecular weight is 394 g/mol. The van der Waals surface area contributed by atoms with Crippen LogP contribution in [-0.2, 0) is 0 Å². The zero-order valence-corrected chi connectivity index (χ0v) is 15.4. The van der Waals surface area contributed by atoms with Crippen molar-refractivity contribution in [2.24, 2.45) is 0 Å². The lowest BCUT2D eigenvalue weighted by Crippen LogP contribution is -2.47. The summed E-state index contributed by atoms with van der Waals surface area (Å²) >= 11 is 0. The fourth-order valence-corrected chi connectivity index (χ4v) is 3.17. The number of hydrogen-bond donors (Lipinski definition) is 1. The van der Waals surface area contributed by atoms with Crippen LogP contribution in [0.5, 0.6) is 5.75 Å². The summed E-state index contributed by atoms with van der Waals surface area (Å²) in [7, 11) is 1.56. The van der Waals surface area contributed by atoms with Gasteiger partial charge >= 0.3 is 6.18 Å². The van der Waals surface area contributed by atoms with Crippen LogP contribution in [0.1, 0.15) is 23.2 Å². The third kappa shape index (κ3) is 5.19. The number of amides is 1.